The average molecular weight is 488 g/mol. The maximum Gasteiger partial charge on any atom is 0.273 e. The number of halogens is 1. The Balaban J connectivity index is 1.64. The first-order chi connectivity index (χ1) is 17.0. The lowest BCUT2D eigenvalue weighted by molar-refractivity contribution is 0.0730. The summed E-state index contributed by atoms with van der Waals surface area (Å²) in [6.07, 6.45) is 0. The Morgan fingerprint density at radius 3 is 2.46 bits per heavy atom. The van der Waals surface area contributed by atoms with Crippen LogP contribution in [0.1, 0.15) is 45.7 Å². The minimum atomic E-state index is -0.354. The van der Waals surface area contributed by atoms with Crippen LogP contribution in [0, 0.1) is 6.92 Å². The number of nitrogens with one attached hydrogen (secondary N) is 1. The number of hydrogen-bond donors (Lipinski definition) is 1. The van der Waals surface area contributed by atoms with Gasteiger partial charge < -0.3 is 14.4 Å². The Morgan fingerprint density at radius 1 is 1.03 bits per heavy atom. The van der Waals surface area contributed by atoms with E-state index >= 15 is 0 Å². The first-order valence-electron chi connectivity index (χ1n) is 11.5. The number of rotatable bonds is 7. The van der Waals surface area contributed by atoms with Crippen molar-refractivity contribution in [3.63, 3.8) is 0 Å². The van der Waals surface area contributed by atoms with Gasteiger partial charge in [0.15, 0.2) is 11.5 Å². The molecule has 0 aliphatic carbocycles. The Labute approximate surface area is 209 Å². The summed E-state index contributed by atoms with van der Waals surface area (Å²) < 4.78 is 11.3. The first kappa shape index (κ1) is 23.0. The van der Waals surface area contributed by atoms with Crippen LogP contribution in [0.4, 0.5) is 0 Å². The molecule has 1 atom stereocenters. The Bertz CT molecular complexity index is 1360. The molecule has 1 N–H and O–H groups in total. The average Bonchev–Trinajstić information content (AvgIpc) is 3.41. The van der Waals surface area contributed by atoms with Crippen LogP contribution in [0.5, 0.6) is 11.5 Å². The van der Waals surface area contributed by atoms with Gasteiger partial charge in [-0.2, -0.15) is 5.10 Å². The van der Waals surface area contributed by atoms with Crippen LogP contribution in [0.15, 0.2) is 66.7 Å². The molecule has 178 valence electrons. The summed E-state index contributed by atoms with van der Waals surface area (Å²) >= 11 is 6.09. The van der Waals surface area contributed by atoms with E-state index in [2.05, 4.69) is 10.2 Å². The third kappa shape index (κ3) is 4.26. The lowest BCUT2D eigenvalue weighted by atomic mass is 9.95. The zero-order valence-electron chi connectivity index (χ0n) is 19.8. The van der Waals surface area contributed by atoms with E-state index in [0.29, 0.717) is 35.4 Å². The van der Waals surface area contributed by atoms with Gasteiger partial charge in [-0.3, -0.25) is 9.89 Å². The summed E-state index contributed by atoms with van der Waals surface area (Å²) in [5.41, 5.74) is 6.16. The van der Waals surface area contributed by atoms with Gasteiger partial charge in [-0.05, 0) is 49.2 Å². The fourth-order valence-electron chi connectivity index (χ4n) is 4.55. The Kier molecular flexibility index (Phi) is 6.22. The minimum Gasteiger partial charge on any atom is -0.493 e. The van der Waals surface area contributed by atoms with E-state index in [0.717, 1.165) is 33.5 Å². The molecule has 3 aromatic carbocycles. The van der Waals surface area contributed by atoms with E-state index in [-0.39, 0.29) is 11.9 Å². The second kappa shape index (κ2) is 9.47. The normalized spacial score (nSPS) is 14.8. The minimum absolute atomic E-state index is 0.0985. The highest BCUT2D eigenvalue weighted by molar-refractivity contribution is 6.30. The number of aromatic amines is 1. The predicted octanol–water partition coefficient (Wildman–Crippen LogP) is 6.19. The molecule has 0 saturated carbocycles. The number of ether oxygens (including phenoxy) is 2. The van der Waals surface area contributed by atoms with Gasteiger partial charge in [0.05, 0.1) is 25.5 Å². The van der Waals surface area contributed by atoms with Gasteiger partial charge in [0.25, 0.3) is 5.91 Å². The number of aromatic nitrogens is 2. The molecular weight excluding hydrogens is 462 g/mol. The zero-order chi connectivity index (χ0) is 24.5. The Hall–Kier alpha value is -3.77. The van der Waals surface area contributed by atoms with Crippen LogP contribution in [0.25, 0.3) is 11.3 Å². The van der Waals surface area contributed by atoms with Crippen LogP contribution in [0.2, 0.25) is 5.02 Å². The van der Waals surface area contributed by atoms with Crippen molar-refractivity contribution in [1.29, 1.82) is 0 Å². The molecule has 0 radical (unpaired) electrons. The molecule has 6 nitrogen and oxygen atoms in total. The summed E-state index contributed by atoms with van der Waals surface area (Å²) in [5, 5.41) is 8.23. The first-order valence-corrected chi connectivity index (χ1v) is 11.9. The maximum atomic E-state index is 13.6. The third-order valence-electron chi connectivity index (χ3n) is 6.26. The van der Waals surface area contributed by atoms with Crippen molar-refractivity contribution in [1.82, 2.24) is 15.1 Å². The molecule has 5 rings (SSSR count). The van der Waals surface area contributed by atoms with Gasteiger partial charge in [-0.1, -0.05) is 59.6 Å². The summed E-state index contributed by atoms with van der Waals surface area (Å²) in [6.45, 7) is 4.93. The standard InChI is InChI=1S/C28H26ClN3O3/c1-4-35-22-14-11-20(15-23(22)34-3)27-24-25(19-9-5-17(2)6-10-19)30-31-26(24)28(33)32(27)16-18-7-12-21(29)13-8-18/h5-15,27H,4,16H2,1-3H3,(H,30,31). The Morgan fingerprint density at radius 2 is 1.77 bits per heavy atom. The van der Waals surface area contributed by atoms with Crippen molar-refractivity contribution in [2.24, 2.45) is 0 Å². The molecule has 4 aromatic rings. The van der Waals surface area contributed by atoms with E-state index in [1.807, 2.05) is 85.5 Å². The highest BCUT2D eigenvalue weighted by Crippen LogP contribution is 2.45. The number of benzene rings is 3. The van der Waals surface area contributed by atoms with Gasteiger partial charge in [0.1, 0.15) is 5.69 Å². The van der Waals surface area contributed by atoms with Crippen LogP contribution in [-0.2, 0) is 6.54 Å². The maximum absolute atomic E-state index is 13.6. The molecule has 1 amide bonds. The number of fused-ring (bicyclic) bond motifs is 1. The molecule has 7 heteroatoms. The second-order valence-electron chi connectivity index (χ2n) is 8.53. The summed E-state index contributed by atoms with van der Waals surface area (Å²) in [6, 6.07) is 21.2. The molecule has 1 unspecified atom stereocenters. The highest BCUT2D eigenvalue weighted by Gasteiger charge is 2.42. The molecule has 35 heavy (non-hydrogen) atoms. The van der Waals surface area contributed by atoms with Crippen molar-refractivity contribution in [3.8, 4) is 22.8 Å². The van der Waals surface area contributed by atoms with Gasteiger partial charge >= 0.3 is 0 Å². The van der Waals surface area contributed by atoms with E-state index in [1.165, 1.54) is 0 Å². The molecular formula is C28H26ClN3O3. The molecule has 0 fully saturated rings. The van der Waals surface area contributed by atoms with Gasteiger partial charge in [-0.25, -0.2) is 0 Å². The van der Waals surface area contributed by atoms with Crippen LogP contribution in [-0.4, -0.2) is 34.7 Å². The fourth-order valence-corrected chi connectivity index (χ4v) is 4.68. The molecule has 0 bridgehead atoms. The van der Waals surface area contributed by atoms with Crippen molar-refractivity contribution >= 4 is 17.5 Å². The van der Waals surface area contributed by atoms with Crippen molar-refractivity contribution in [3.05, 3.63) is 99.7 Å². The number of carbonyl (C=O) groups is 1. The van der Waals surface area contributed by atoms with Crippen LogP contribution in [0.3, 0.4) is 0 Å². The van der Waals surface area contributed by atoms with Crippen LogP contribution >= 0.6 is 11.6 Å². The molecule has 1 aliphatic heterocycles. The lowest BCUT2D eigenvalue weighted by Crippen LogP contribution is -2.29. The number of nitrogens with zero attached hydrogens (tertiary/aromatic N) is 2. The summed E-state index contributed by atoms with van der Waals surface area (Å²) in [4.78, 5) is 15.5. The van der Waals surface area contributed by atoms with E-state index in [1.54, 1.807) is 7.11 Å². The second-order valence-corrected chi connectivity index (χ2v) is 8.97. The van der Waals surface area contributed by atoms with Gasteiger partial charge in [0.2, 0.25) is 0 Å². The zero-order valence-corrected chi connectivity index (χ0v) is 20.6. The number of H-pyrrole nitrogens is 1. The smallest absolute Gasteiger partial charge is 0.273 e. The number of hydrogen-bond acceptors (Lipinski definition) is 4. The van der Waals surface area contributed by atoms with Crippen LogP contribution < -0.4 is 9.47 Å². The summed E-state index contributed by atoms with van der Waals surface area (Å²) in [5.74, 6) is 1.19. The largest absolute Gasteiger partial charge is 0.493 e. The monoisotopic (exact) mass is 487 g/mol. The van der Waals surface area contributed by atoms with E-state index < -0.39 is 0 Å². The summed E-state index contributed by atoms with van der Waals surface area (Å²) in [7, 11) is 1.62. The van der Waals surface area contributed by atoms with Gasteiger partial charge in [0, 0.05) is 22.7 Å². The quantitative estimate of drug-likeness (QED) is 0.337. The van der Waals surface area contributed by atoms with Crippen molar-refractivity contribution in [2.75, 3.05) is 13.7 Å². The predicted molar refractivity (Wildman–Crippen MR) is 136 cm³/mol. The lowest BCUT2D eigenvalue weighted by Gasteiger charge is -2.27. The molecule has 2 heterocycles. The number of aryl methyl sites for hydroxylation is 1. The third-order valence-corrected chi connectivity index (χ3v) is 6.51. The molecule has 0 spiro atoms. The van der Waals surface area contributed by atoms with Gasteiger partial charge in [-0.15, -0.1) is 0 Å². The van der Waals surface area contributed by atoms with Crippen molar-refractivity contribution < 1.29 is 14.3 Å². The molecule has 1 aliphatic rings. The van der Waals surface area contributed by atoms with E-state index in [9.17, 15) is 4.79 Å². The molecule has 0 saturated heterocycles. The van der Waals surface area contributed by atoms with E-state index in [4.69, 9.17) is 21.1 Å². The number of methoxy groups -OCH3 is 1. The molecule has 1 aromatic heterocycles. The van der Waals surface area contributed by atoms with Crippen molar-refractivity contribution in [2.45, 2.75) is 26.4 Å². The number of amides is 1. The fraction of sp³-hybridized carbons (Fsp3) is 0.214. The topological polar surface area (TPSA) is 67.5 Å². The highest BCUT2D eigenvalue weighted by atomic mass is 35.5. The number of carbonyl (C=O) groups excluding carboxylic acids is 1. The SMILES string of the molecule is CCOc1ccc(C2c3c(-c4ccc(C)cc4)n[nH]c3C(=O)N2Cc2ccc(Cl)cc2)cc1OC.